The van der Waals surface area contributed by atoms with Crippen molar-refractivity contribution in [1.29, 1.82) is 0 Å². The molecular weight excluding hydrogens is 146 g/mol. The van der Waals surface area contributed by atoms with Crippen LogP contribution in [0.5, 0.6) is 0 Å². The van der Waals surface area contributed by atoms with Gasteiger partial charge < -0.3 is 0 Å². The maximum Gasteiger partial charge on any atom is 0.279 e. The van der Waals surface area contributed by atoms with Gasteiger partial charge in [0.1, 0.15) is 1.37 Å². The van der Waals surface area contributed by atoms with E-state index < -0.39 is 11.2 Å². The van der Waals surface area contributed by atoms with E-state index in [0.29, 0.717) is 0 Å². The fourth-order valence-corrected chi connectivity index (χ4v) is 0.719. The Hall–Kier alpha value is -1.71. The minimum Gasteiger partial charge on any atom is -0.298 e. The number of rotatable bonds is 2. The van der Waals surface area contributed by atoms with Crippen LogP contribution in [-0.2, 0) is 0 Å². The number of para-hydroxylation sites is 1. The first-order valence-electron chi connectivity index (χ1n) is 3.37. The zero-order chi connectivity index (χ0) is 9.14. The third-order valence-corrected chi connectivity index (χ3v) is 1.21. The largest absolute Gasteiger partial charge is 0.298 e. The van der Waals surface area contributed by atoms with Crippen LogP contribution in [0.15, 0.2) is 24.3 Å². The minimum absolute atomic E-state index is 0.178. The molecule has 0 aromatic heterocycles. The topological polar surface area (TPSA) is 60.2 Å². The fraction of sp³-hybridized carbons (Fsp3) is 0. The molecule has 1 rings (SSSR count). The third kappa shape index (κ3) is 1.40. The van der Waals surface area contributed by atoms with Gasteiger partial charge in [-0.2, -0.15) is 0 Å². The molecule has 1 aromatic carbocycles. The highest BCUT2D eigenvalue weighted by Gasteiger charge is 2.09. The maximum absolute atomic E-state index is 10.5. The Morgan fingerprint density at radius 3 is 2.64 bits per heavy atom. The molecule has 0 N–H and O–H groups in total. The van der Waals surface area contributed by atoms with Crippen LogP contribution in [0.25, 0.3) is 0 Å². The van der Waals surface area contributed by atoms with Gasteiger partial charge in [-0.1, -0.05) is 12.1 Å². The van der Waals surface area contributed by atoms with E-state index in [-0.39, 0.29) is 11.3 Å². The van der Waals surface area contributed by atoms with Crippen LogP contribution in [-0.4, -0.2) is 11.2 Å². The van der Waals surface area contributed by atoms with Gasteiger partial charge >= 0.3 is 0 Å². The highest BCUT2D eigenvalue weighted by atomic mass is 16.6. The summed E-state index contributed by atoms with van der Waals surface area (Å²) in [5.41, 5.74) is -0.500. The number of hydrogen-bond acceptors (Lipinski definition) is 3. The molecule has 4 nitrogen and oxygen atoms in total. The molecule has 0 aliphatic rings. The lowest BCUT2D eigenvalue weighted by molar-refractivity contribution is -0.385. The molecule has 0 atom stereocenters. The monoisotopic (exact) mass is 152 g/mol. The van der Waals surface area contributed by atoms with Crippen molar-refractivity contribution in [2.75, 3.05) is 0 Å². The average molecular weight is 152 g/mol. The van der Waals surface area contributed by atoms with Crippen molar-refractivity contribution in [3.63, 3.8) is 0 Å². The second kappa shape index (κ2) is 2.92. The lowest BCUT2D eigenvalue weighted by atomic mass is 10.2. The molecule has 0 spiro atoms. The molecule has 0 aliphatic heterocycles. The van der Waals surface area contributed by atoms with Gasteiger partial charge in [-0.15, -0.1) is 0 Å². The van der Waals surface area contributed by atoms with Crippen LogP contribution in [0, 0.1) is 10.1 Å². The molecule has 0 fully saturated rings. The molecule has 0 amide bonds. The first kappa shape index (κ1) is 6.03. The quantitative estimate of drug-likeness (QED) is 0.365. The van der Waals surface area contributed by atoms with Crippen LogP contribution in [0.1, 0.15) is 11.7 Å². The number of nitrogens with zero attached hydrogens (tertiary/aromatic N) is 1. The van der Waals surface area contributed by atoms with Gasteiger partial charge in [0, 0.05) is 6.07 Å². The van der Waals surface area contributed by atoms with E-state index in [1.165, 1.54) is 24.3 Å². The lowest BCUT2D eigenvalue weighted by Gasteiger charge is -1.91. The first-order chi connectivity index (χ1) is 5.63. The SMILES string of the molecule is [2H]C(=O)c1ccccc1[N+](=O)[O-]. The summed E-state index contributed by atoms with van der Waals surface area (Å²) in [6.07, 6.45) is -1.04. The van der Waals surface area contributed by atoms with Gasteiger partial charge in [-0.05, 0) is 6.07 Å². The lowest BCUT2D eigenvalue weighted by Crippen LogP contribution is -1.92. The summed E-state index contributed by atoms with van der Waals surface area (Å²) in [7, 11) is 0. The Balaban J connectivity index is 3.27. The second-order valence-corrected chi connectivity index (χ2v) is 1.88. The Bertz CT molecular complexity index is 304. The fourth-order valence-electron chi connectivity index (χ4n) is 0.719. The molecule has 0 saturated carbocycles. The molecular formula is C7H5NO3. The van der Waals surface area contributed by atoms with Gasteiger partial charge in [-0.25, -0.2) is 0 Å². The predicted octanol–water partition coefficient (Wildman–Crippen LogP) is 1.41. The van der Waals surface area contributed by atoms with Crippen LogP contribution >= 0.6 is 0 Å². The van der Waals surface area contributed by atoms with E-state index in [2.05, 4.69) is 0 Å². The highest BCUT2D eigenvalue weighted by molar-refractivity contribution is 5.81. The van der Waals surface area contributed by atoms with Gasteiger partial charge in [-0.3, -0.25) is 14.9 Å². The number of benzene rings is 1. The molecule has 0 heterocycles. The van der Waals surface area contributed by atoms with Gasteiger partial charge in [0.25, 0.3) is 5.69 Å². The molecule has 1 aromatic rings. The number of carbonyl (C=O) groups excluding carboxylic acids is 1. The normalized spacial score (nSPS) is 10.4. The molecule has 0 unspecified atom stereocenters. The molecule has 0 radical (unpaired) electrons. The van der Waals surface area contributed by atoms with Crippen molar-refractivity contribution in [3.05, 3.63) is 39.9 Å². The third-order valence-electron chi connectivity index (χ3n) is 1.21. The Kier molecular flexibility index (Phi) is 1.60. The average Bonchev–Trinajstić information content (AvgIpc) is 2.04. The zero-order valence-corrected chi connectivity index (χ0v) is 5.48. The van der Waals surface area contributed by atoms with E-state index >= 15 is 0 Å². The van der Waals surface area contributed by atoms with Crippen molar-refractivity contribution in [2.45, 2.75) is 0 Å². The van der Waals surface area contributed by atoms with Crippen molar-refractivity contribution in [3.8, 4) is 0 Å². The summed E-state index contributed by atoms with van der Waals surface area (Å²) >= 11 is 0. The minimum atomic E-state index is -1.04. The summed E-state index contributed by atoms with van der Waals surface area (Å²) in [5.74, 6) is 0. The van der Waals surface area contributed by atoms with E-state index in [1.54, 1.807) is 0 Å². The van der Waals surface area contributed by atoms with Crippen LogP contribution < -0.4 is 0 Å². The number of nitro benzene ring substituents is 1. The maximum atomic E-state index is 10.5. The van der Waals surface area contributed by atoms with Crippen LogP contribution in [0.2, 0.25) is 0 Å². The van der Waals surface area contributed by atoms with E-state index in [4.69, 9.17) is 1.37 Å². The van der Waals surface area contributed by atoms with E-state index in [0.717, 1.165) is 0 Å². The Morgan fingerprint density at radius 2 is 2.18 bits per heavy atom. The molecule has 11 heavy (non-hydrogen) atoms. The first-order valence-corrected chi connectivity index (χ1v) is 2.87. The summed E-state index contributed by atoms with van der Waals surface area (Å²) in [6.45, 7) is 0. The number of carbonyl (C=O) groups is 1. The number of aldehydes is 1. The highest BCUT2D eigenvalue weighted by Crippen LogP contribution is 2.14. The number of hydrogen-bond donors (Lipinski definition) is 0. The van der Waals surface area contributed by atoms with E-state index in [9.17, 15) is 14.9 Å². The summed E-state index contributed by atoms with van der Waals surface area (Å²) in [6, 6.07) is 5.38. The number of nitro groups is 1. The molecule has 0 bridgehead atoms. The van der Waals surface area contributed by atoms with E-state index in [1.807, 2.05) is 0 Å². The Labute approximate surface area is 64.0 Å². The van der Waals surface area contributed by atoms with Crippen molar-refractivity contribution in [1.82, 2.24) is 0 Å². The van der Waals surface area contributed by atoms with Crippen molar-refractivity contribution in [2.24, 2.45) is 0 Å². The van der Waals surface area contributed by atoms with Gasteiger partial charge in [0.2, 0.25) is 0 Å². The van der Waals surface area contributed by atoms with Gasteiger partial charge in [0.15, 0.2) is 6.26 Å². The summed E-state index contributed by atoms with van der Waals surface area (Å²) in [5, 5.41) is 10.3. The standard InChI is InChI=1S/C7H5NO3/c9-5-6-3-1-2-4-7(6)8(10)11/h1-5H/i5D. The van der Waals surface area contributed by atoms with Crippen molar-refractivity contribution < 1.29 is 11.1 Å². The molecule has 0 aliphatic carbocycles. The van der Waals surface area contributed by atoms with Crippen molar-refractivity contribution >= 4 is 11.9 Å². The summed E-state index contributed by atoms with van der Waals surface area (Å²) < 4.78 is 6.71. The van der Waals surface area contributed by atoms with Crippen LogP contribution in [0.3, 0.4) is 0 Å². The van der Waals surface area contributed by atoms with Gasteiger partial charge in [0.05, 0.1) is 10.5 Å². The molecule has 0 saturated heterocycles. The predicted molar refractivity (Wildman–Crippen MR) is 38.5 cm³/mol. The molecule has 56 valence electrons. The smallest absolute Gasteiger partial charge is 0.279 e. The summed E-state index contributed by atoms with van der Waals surface area (Å²) in [4.78, 5) is 20.2. The Morgan fingerprint density at radius 1 is 1.55 bits per heavy atom. The second-order valence-electron chi connectivity index (χ2n) is 1.88. The van der Waals surface area contributed by atoms with Crippen LogP contribution in [0.4, 0.5) is 5.69 Å². The molecule has 4 heteroatoms. The zero-order valence-electron chi connectivity index (χ0n) is 6.48.